The highest BCUT2D eigenvalue weighted by molar-refractivity contribution is 7.86. The predicted molar refractivity (Wildman–Crippen MR) is 129 cm³/mol. The molecule has 0 saturated heterocycles. The molecule has 0 amide bonds. The molecule has 0 unspecified atom stereocenters. The molecule has 0 N–H and O–H groups in total. The first-order chi connectivity index (χ1) is 15.0. The van der Waals surface area contributed by atoms with E-state index < -0.39 is 10.1 Å². The van der Waals surface area contributed by atoms with Crippen molar-refractivity contribution < 1.29 is 12.6 Å². The molecular weight excluding hydrogens is 404 g/mol. The molecule has 0 radical (unpaired) electrons. The van der Waals surface area contributed by atoms with Crippen molar-refractivity contribution in [2.45, 2.75) is 31.6 Å². The van der Waals surface area contributed by atoms with Crippen molar-refractivity contribution in [3.8, 4) is 0 Å². The van der Waals surface area contributed by atoms with Crippen LogP contribution < -0.4 is 0 Å². The third-order valence-corrected chi connectivity index (χ3v) is 6.77. The van der Waals surface area contributed by atoms with Crippen molar-refractivity contribution in [1.82, 2.24) is 0 Å². The maximum Gasteiger partial charge on any atom is 0.296 e. The minimum absolute atomic E-state index is 0.226. The fourth-order valence-corrected chi connectivity index (χ4v) is 4.70. The summed E-state index contributed by atoms with van der Waals surface area (Å²) in [5.41, 5.74) is 1.03. The van der Waals surface area contributed by atoms with Crippen LogP contribution in [0.15, 0.2) is 89.8 Å². The molecule has 0 atom stereocenters. The Bertz CT molecular complexity index is 1270. The van der Waals surface area contributed by atoms with Gasteiger partial charge in [-0.05, 0) is 57.8 Å². The normalized spacial score (nSPS) is 11.7. The second-order valence-electron chi connectivity index (χ2n) is 7.73. The molecule has 0 heterocycles. The van der Waals surface area contributed by atoms with Crippen LogP contribution >= 0.6 is 0 Å². The predicted octanol–water partition coefficient (Wildman–Crippen LogP) is 7.08. The fourth-order valence-electron chi connectivity index (χ4n) is 3.76. The van der Waals surface area contributed by atoms with E-state index in [2.05, 4.69) is 60.7 Å². The molecule has 3 nitrogen and oxygen atoms in total. The number of rotatable bonds is 5. The van der Waals surface area contributed by atoms with Gasteiger partial charge < -0.3 is 0 Å². The van der Waals surface area contributed by atoms with Gasteiger partial charge in [0.2, 0.25) is 0 Å². The third-order valence-electron chi connectivity index (χ3n) is 5.44. The smallest absolute Gasteiger partial charge is 0.266 e. The molecule has 158 valence electrons. The topological polar surface area (TPSA) is 43.4 Å². The summed E-state index contributed by atoms with van der Waals surface area (Å²) in [6.45, 7) is 4.16. The summed E-state index contributed by atoms with van der Waals surface area (Å²) in [5.74, 6) is 0. The summed E-state index contributed by atoms with van der Waals surface area (Å²) < 4.78 is 28.1. The summed E-state index contributed by atoms with van der Waals surface area (Å²) in [7, 11) is -3.55. The SMILES string of the molecule is CCCCOS(=O)(=O)c1ccc(C)cc1.c1cc2ccc3cccc4ccc(c1)c2c34. The number of benzene rings is 5. The second-order valence-corrected chi connectivity index (χ2v) is 9.35. The van der Waals surface area contributed by atoms with Gasteiger partial charge in [0.1, 0.15) is 0 Å². The maximum absolute atomic E-state index is 11.6. The van der Waals surface area contributed by atoms with E-state index in [1.165, 1.54) is 32.3 Å². The lowest BCUT2D eigenvalue weighted by atomic mass is 9.95. The lowest BCUT2D eigenvalue weighted by Gasteiger charge is -2.09. The maximum atomic E-state index is 11.6. The molecule has 5 aromatic rings. The zero-order valence-electron chi connectivity index (χ0n) is 17.8. The second kappa shape index (κ2) is 9.04. The van der Waals surface area contributed by atoms with E-state index >= 15 is 0 Å². The monoisotopic (exact) mass is 430 g/mol. The summed E-state index contributed by atoms with van der Waals surface area (Å²) in [6.07, 6.45) is 1.68. The van der Waals surface area contributed by atoms with Gasteiger partial charge in [-0.1, -0.05) is 91.7 Å². The Hall–Kier alpha value is -2.95. The highest BCUT2D eigenvalue weighted by atomic mass is 32.2. The van der Waals surface area contributed by atoms with Crippen molar-refractivity contribution in [2.75, 3.05) is 6.61 Å². The van der Waals surface area contributed by atoms with Gasteiger partial charge in [-0.3, -0.25) is 4.18 Å². The molecule has 0 saturated carbocycles. The summed E-state index contributed by atoms with van der Waals surface area (Å²) >= 11 is 0. The van der Waals surface area contributed by atoms with E-state index in [0.717, 1.165) is 18.4 Å². The molecule has 0 aromatic heterocycles. The van der Waals surface area contributed by atoms with Crippen molar-refractivity contribution in [3.63, 3.8) is 0 Å². The first-order valence-corrected chi connectivity index (χ1v) is 12.0. The molecule has 0 spiro atoms. The quantitative estimate of drug-likeness (QED) is 0.170. The molecule has 4 heteroatoms. The molecule has 5 rings (SSSR count). The lowest BCUT2D eigenvalue weighted by Crippen LogP contribution is -2.07. The van der Waals surface area contributed by atoms with Crippen LogP contribution in [0.5, 0.6) is 0 Å². The Morgan fingerprint density at radius 2 is 1.13 bits per heavy atom. The number of hydrogen-bond acceptors (Lipinski definition) is 3. The molecule has 5 aromatic carbocycles. The van der Waals surface area contributed by atoms with Crippen LogP contribution in [0.1, 0.15) is 25.3 Å². The molecule has 31 heavy (non-hydrogen) atoms. The number of hydrogen-bond donors (Lipinski definition) is 0. The molecule has 0 aliphatic rings. The minimum atomic E-state index is -3.55. The van der Waals surface area contributed by atoms with Crippen LogP contribution in [-0.4, -0.2) is 15.0 Å². The first-order valence-electron chi connectivity index (χ1n) is 10.6. The summed E-state index contributed by atoms with van der Waals surface area (Å²) in [6, 6.07) is 28.5. The molecule has 0 aliphatic heterocycles. The highest BCUT2D eigenvalue weighted by Gasteiger charge is 2.13. The van der Waals surface area contributed by atoms with E-state index in [1.54, 1.807) is 24.3 Å². The van der Waals surface area contributed by atoms with E-state index in [4.69, 9.17) is 4.18 Å². The minimum Gasteiger partial charge on any atom is -0.266 e. The van der Waals surface area contributed by atoms with Gasteiger partial charge in [0.15, 0.2) is 0 Å². The van der Waals surface area contributed by atoms with E-state index in [9.17, 15) is 8.42 Å². The molecule has 0 aliphatic carbocycles. The zero-order valence-corrected chi connectivity index (χ0v) is 18.7. The highest BCUT2D eigenvalue weighted by Crippen LogP contribution is 2.33. The van der Waals surface area contributed by atoms with E-state index in [1.807, 2.05) is 13.8 Å². The summed E-state index contributed by atoms with van der Waals surface area (Å²) in [4.78, 5) is 0.226. The van der Waals surface area contributed by atoms with Crippen LogP contribution in [0.4, 0.5) is 0 Å². The van der Waals surface area contributed by atoms with Crippen LogP contribution in [0.25, 0.3) is 32.3 Å². The Balaban J connectivity index is 0.000000150. The number of aryl methyl sites for hydroxylation is 1. The Morgan fingerprint density at radius 3 is 1.55 bits per heavy atom. The zero-order chi connectivity index (χ0) is 21.8. The van der Waals surface area contributed by atoms with E-state index in [0.29, 0.717) is 0 Å². The van der Waals surface area contributed by atoms with Crippen molar-refractivity contribution in [1.29, 1.82) is 0 Å². The van der Waals surface area contributed by atoms with Crippen molar-refractivity contribution >= 4 is 42.4 Å². The average molecular weight is 431 g/mol. The van der Waals surface area contributed by atoms with Gasteiger partial charge in [0, 0.05) is 0 Å². The third kappa shape index (κ3) is 4.55. The molecular formula is C27H26O3S. The van der Waals surface area contributed by atoms with Gasteiger partial charge in [0.05, 0.1) is 11.5 Å². The Labute approximate surface area is 183 Å². The van der Waals surface area contributed by atoms with Crippen LogP contribution in [0.3, 0.4) is 0 Å². The van der Waals surface area contributed by atoms with Crippen molar-refractivity contribution in [3.05, 3.63) is 90.5 Å². The largest absolute Gasteiger partial charge is 0.296 e. The molecule has 0 bridgehead atoms. The van der Waals surface area contributed by atoms with Gasteiger partial charge in [0.25, 0.3) is 10.1 Å². The van der Waals surface area contributed by atoms with Gasteiger partial charge in [-0.15, -0.1) is 0 Å². The Kier molecular flexibility index (Phi) is 6.21. The average Bonchev–Trinajstić information content (AvgIpc) is 2.78. The van der Waals surface area contributed by atoms with Gasteiger partial charge in [-0.2, -0.15) is 8.42 Å². The molecule has 0 fully saturated rings. The van der Waals surface area contributed by atoms with Crippen molar-refractivity contribution in [2.24, 2.45) is 0 Å². The van der Waals surface area contributed by atoms with Crippen LogP contribution in [-0.2, 0) is 14.3 Å². The summed E-state index contributed by atoms with van der Waals surface area (Å²) in [5, 5.41) is 8.14. The van der Waals surface area contributed by atoms with Crippen LogP contribution in [0, 0.1) is 6.92 Å². The first kappa shape index (κ1) is 21.3. The number of unbranched alkanes of at least 4 members (excludes halogenated alkanes) is 1. The van der Waals surface area contributed by atoms with Crippen LogP contribution in [0.2, 0.25) is 0 Å². The van der Waals surface area contributed by atoms with E-state index in [-0.39, 0.29) is 11.5 Å². The fraction of sp³-hybridized carbons (Fsp3) is 0.185. The Morgan fingerprint density at radius 1 is 0.677 bits per heavy atom. The van der Waals surface area contributed by atoms with Gasteiger partial charge >= 0.3 is 0 Å². The standard InChI is InChI=1S/C16H10.C11H16O3S/c1-3-11-7-9-13-5-2-6-14-10-8-12(4-1)15(11)16(13)14;1-3-4-9-14-15(12,13)11-7-5-10(2)6-8-11/h1-10H;5-8H,3-4,9H2,1-2H3. The van der Waals surface area contributed by atoms with Gasteiger partial charge in [-0.25, -0.2) is 0 Å². The lowest BCUT2D eigenvalue weighted by molar-refractivity contribution is 0.311.